The van der Waals surface area contributed by atoms with Crippen LogP contribution in [0, 0.1) is 25.2 Å². The number of para-hydroxylation sites is 1. The highest BCUT2D eigenvalue weighted by Gasteiger charge is 2.15. The van der Waals surface area contributed by atoms with Gasteiger partial charge in [0.25, 0.3) is 0 Å². The van der Waals surface area contributed by atoms with E-state index in [1.165, 1.54) is 28.5 Å². The standard InChI is InChI=1S/C26H24N6/c1-5-7-18-12-16(2)23(17(3)13-18)20-8-6-9-21-24(20)31-26(32-25(21)28-4)30-22-11-10-19(14-27)15-29-22/h5-13,15H,1-4H3,(H2,28,29,30,31,32)/b7-5+. The van der Waals surface area contributed by atoms with Gasteiger partial charge in [-0.3, -0.25) is 0 Å². The summed E-state index contributed by atoms with van der Waals surface area (Å²) in [4.78, 5) is 13.8. The molecule has 4 aromatic rings. The summed E-state index contributed by atoms with van der Waals surface area (Å²) < 4.78 is 0. The van der Waals surface area contributed by atoms with Gasteiger partial charge in [0.2, 0.25) is 5.95 Å². The van der Waals surface area contributed by atoms with E-state index in [-0.39, 0.29) is 0 Å². The van der Waals surface area contributed by atoms with Crippen LogP contribution in [0.3, 0.4) is 0 Å². The molecule has 0 spiro atoms. The third-order valence-corrected chi connectivity index (χ3v) is 5.28. The Hall–Kier alpha value is -4.24. The zero-order valence-electron chi connectivity index (χ0n) is 18.6. The Morgan fingerprint density at radius 2 is 1.81 bits per heavy atom. The molecule has 6 heteroatoms. The van der Waals surface area contributed by atoms with Crippen LogP contribution in [0.15, 0.2) is 54.7 Å². The van der Waals surface area contributed by atoms with Crippen molar-refractivity contribution in [3.63, 3.8) is 0 Å². The van der Waals surface area contributed by atoms with Crippen molar-refractivity contribution in [3.05, 3.63) is 77.0 Å². The van der Waals surface area contributed by atoms with Crippen LogP contribution >= 0.6 is 0 Å². The van der Waals surface area contributed by atoms with Crippen LogP contribution in [0.25, 0.3) is 28.1 Å². The highest BCUT2D eigenvalue weighted by atomic mass is 15.2. The van der Waals surface area contributed by atoms with Crippen molar-refractivity contribution in [1.82, 2.24) is 15.0 Å². The van der Waals surface area contributed by atoms with Crippen LogP contribution < -0.4 is 10.6 Å². The highest BCUT2D eigenvalue weighted by molar-refractivity contribution is 6.01. The molecule has 0 unspecified atom stereocenters. The number of anilines is 3. The molecule has 0 aliphatic rings. The van der Waals surface area contributed by atoms with Crippen molar-refractivity contribution in [2.45, 2.75) is 20.8 Å². The lowest BCUT2D eigenvalue weighted by Gasteiger charge is -2.16. The van der Waals surface area contributed by atoms with Gasteiger partial charge in [0.05, 0.1) is 11.1 Å². The number of pyridine rings is 1. The molecular weight excluding hydrogens is 396 g/mol. The first-order chi connectivity index (χ1) is 15.5. The lowest BCUT2D eigenvalue weighted by atomic mass is 9.92. The van der Waals surface area contributed by atoms with Crippen LogP contribution in [0.5, 0.6) is 0 Å². The second kappa shape index (κ2) is 8.86. The maximum Gasteiger partial charge on any atom is 0.230 e. The normalized spacial score (nSPS) is 11.0. The molecule has 0 amide bonds. The van der Waals surface area contributed by atoms with Gasteiger partial charge in [0.1, 0.15) is 17.7 Å². The van der Waals surface area contributed by atoms with Crippen LogP contribution in [-0.4, -0.2) is 22.0 Å². The summed E-state index contributed by atoms with van der Waals surface area (Å²) in [5.74, 6) is 1.74. The number of nitrogens with zero attached hydrogens (tertiary/aromatic N) is 4. The number of benzene rings is 2. The number of hydrogen-bond acceptors (Lipinski definition) is 6. The molecule has 2 aromatic heterocycles. The molecule has 0 saturated heterocycles. The van der Waals surface area contributed by atoms with Crippen LogP contribution in [0.1, 0.15) is 29.2 Å². The number of aryl methyl sites for hydroxylation is 2. The van der Waals surface area contributed by atoms with Crippen LogP contribution in [0.4, 0.5) is 17.6 Å². The molecular formula is C26H24N6. The van der Waals surface area contributed by atoms with Gasteiger partial charge in [-0.15, -0.1) is 0 Å². The fraction of sp³-hybridized carbons (Fsp3) is 0.154. The molecule has 0 aliphatic heterocycles. The minimum Gasteiger partial charge on any atom is -0.372 e. The average molecular weight is 421 g/mol. The van der Waals surface area contributed by atoms with E-state index in [2.05, 4.69) is 64.8 Å². The number of aromatic nitrogens is 3. The van der Waals surface area contributed by atoms with Crippen molar-refractivity contribution in [2.24, 2.45) is 0 Å². The van der Waals surface area contributed by atoms with Crippen molar-refractivity contribution < 1.29 is 0 Å². The van der Waals surface area contributed by atoms with E-state index >= 15 is 0 Å². The zero-order chi connectivity index (χ0) is 22.7. The van der Waals surface area contributed by atoms with Crippen LogP contribution in [0.2, 0.25) is 0 Å². The third-order valence-electron chi connectivity index (χ3n) is 5.28. The Balaban J connectivity index is 1.88. The average Bonchev–Trinajstić information content (AvgIpc) is 2.79. The minimum absolute atomic E-state index is 0.437. The molecule has 158 valence electrons. The molecule has 2 N–H and O–H groups in total. The number of fused-ring (bicyclic) bond motifs is 1. The van der Waals surface area contributed by atoms with E-state index in [1.807, 2.05) is 32.2 Å². The first-order valence-electron chi connectivity index (χ1n) is 10.4. The number of nitrogens with one attached hydrogen (secondary N) is 2. The topological polar surface area (TPSA) is 86.5 Å². The van der Waals surface area contributed by atoms with E-state index in [4.69, 9.17) is 10.2 Å². The first-order valence-corrected chi connectivity index (χ1v) is 10.4. The molecule has 4 rings (SSSR count). The van der Waals surface area contributed by atoms with Gasteiger partial charge in [0.15, 0.2) is 0 Å². The van der Waals surface area contributed by atoms with Gasteiger partial charge in [-0.25, -0.2) is 9.97 Å². The Kier molecular flexibility index (Phi) is 5.82. The summed E-state index contributed by atoms with van der Waals surface area (Å²) in [5, 5.41) is 16.3. The predicted molar refractivity (Wildman–Crippen MR) is 131 cm³/mol. The SMILES string of the molecule is C/C=C/c1cc(C)c(-c2cccc3c(NC)nc(Nc4ccc(C#N)cn4)nc23)c(C)c1. The highest BCUT2D eigenvalue weighted by Crippen LogP contribution is 2.36. The molecule has 0 radical (unpaired) electrons. The van der Waals surface area contributed by atoms with E-state index in [0.29, 0.717) is 17.3 Å². The van der Waals surface area contributed by atoms with Gasteiger partial charge in [-0.2, -0.15) is 10.2 Å². The van der Waals surface area contributed by atoms with Gasteiger partial charge in [-0.1, -0.05) is 36.4 Å². The molecule has 0 fully saturated rings. The molecule has 0 aliphatic carbocycles. The summed E-state index contributed by atoms with van der Waals surface area (Å²) in [5.41, 5.74) is 7.16. The fourth-order valence-electron chi connectivity index (χ4n) is 3.96. The maximum atomic E-state index is 8.99. The molecule has 32 heavy (non-hydrogen) atoms. The smallest absolute Gasteiger partial charge is 0.230 e. The third kappa shape index (κ3) is 4.01. The van der Waals surface area contributed by atoms with Crippen molar-refractivity contribution in [1.29, 1.82) is 5.26 Å². The Morgan fingerprint density at radius 3 is 2.44 bits per heavy atom. The monoisotopic (exact) mass is 420 g/mol. The summed E-state index contributed by atoms with van der Waals surface area (Å²) in [7, 11) is 1.85. The quantitative estimate of drug-likeness (QED) is 0.412. The number of rotatable bonds is 5. The second-order valence-corrected chi connectivity index (χ2v) is 7.55. The molecule has 6 nitrogen and oxygen atoms in total. The van der Waals surface area contributed by atoms with Crippen LogP contribution in [-0.2, 0) is 0 Å². The maximum absolute atomic E-state index is 8.99. The van der Waals surface area contributed by atoms with E-state index in [0.717, 1.165) is 22.3 Å². The van der Waals surface area contributed by atoms with Crippen molar-refractivity contribution >= 4 is 34.6 Å². The molecule has 0 atom stereocenters. The summed E-state index contributed by atoms with van der Waals surface area (Å²) >= 11 is 0. The fourth-order valence-corrected chi connectivity index (χ4v) is 3.96. The Bertz CT molecular complexity index is 1340. The first kappa shape index (κ1) is 21.0. The summed E-state index contributed by atoms with van der Waals surface area (Å²) in [6.45, 7) is 6.29. The number of nitriles is 1. The van der Waals surface area contributed by atoms with E-state index in [9.17, 15) is 0 Å². The molecule has 0 bridgehead atoms. The number of hydrogen-bond donors (Lipinski definition) is 2. The lowest BCUT2D eigenvalue weighted by molar-refractivity contribution is 1.18. The predicted octanol–water partition coefficient (Wildman–Crippen LogP) is 6.00. The number of allylic oxidation sites excluding steroid dienone is 1. The summed E-state index contributed by atoms with van der Waals surface area (Å²) in [6, 6.07) is 16.1. The van der Waals surface area contributed by atoms with E-state index < -0.39 is 0 Å². The van der Waals surface area contributed by atoms with Crippen molar-refractivity contribution in [2.75, 3.05) is 17.7 Å². The molecule has 0 saturated carbocycles. The largest absolute Gasteiger partial charge is 0.372 e. The van der Waals surface area contributed by atoms with E-state index in [1.54, 1.807) is 12.1 Å². The Labute approximate surface area is 187 Å². The van der Waals surface area contributed by atoms with Gasteiger partial charge in [0, 0.05) is 24.2 Å². The molecule has 2 heterocycles. The van der Waals surface area contributed by atoms with Gasteiger partial charge < -0.3 is 10.6 Å². The van der Waals surface area contributed by atoms with Crippen molar-refractivity contribution in [3.8, 4) is 17.2 Å². The van der Waals surface area contributed by atoms with Gasteiger partial charge >= 0.3 is 0 Å². The molecule has 2 aromatic carbocycles. The van der Waals surface area contributed by atoms with Gasteiger partial charge in [-0.05, 0) is 61.2 Å². The second-order valence-electron chi connectivity index (χ2n) is 7.55. The zero-order valence-corrected chi connectivity index (χ0v) is 18.6. The Morgan fingerprint density at radius 1 is 1.03 bits per heavy atom. The lowest BCUT2D eigenvalue weighted by Crippen LogP contribution is -2.04. The summed E-state index contributed by atoms with van der Waals surface area (Å²) in [6.07, 6.45) is 5.68. The minimum atomic E-state index is 0.437.